The number of fused-ring (bicyclic) bond motifs is 3. The number of anilines is 1. The van der Waals surface area contributed by atoms with E-state index in [1.165, 1.54) is 0 Å². The molecule has 4 atom stereocenters. The molecule has 0 saturated heterocycles. The molecule has 1 amide bonds. The van der Waals surface area contributed by atoms with Crippen LogP contribution < -0.4 is 10.6 Å². The number of allylic oxidation sites excluding steroid dienone is 1. The molecule has 0 aliphatic heterocycles. The van der Waals surface area contributed by atoms with Crippen molar-refractivity contribution >= 4 is 23.2 Å². The maximum absolute atomic E-state index is 14.1. The molecule has 230 valence electrons. The van der Waals surface area contributed by atoms with Crippen LogP contribution in [0.5, 0.6) is 5.75 Å². The van der Waals surface area contributed by atoms with E-state index < -0.39 is 58.0 Å². The maximum atomic E-state index is 14.1. The van der Waals surface area contributed by atoms with Gasteiger partial charge in [0, 0.05) is 43.4 Å². The number of carbonyl (C=O) groups is 3. The number of hydrogen-bond donors (Lipinski definition) is 5. The molecule has 0 bridgehead atoms. The first kappa shape index (κ1) is 31.5. The lowest BCUT2D eigenvalue weighted by Crippen LogP contribution is -2.63. The van der Waals surface area contributed by atoms with Crippen LogP contribution >= 0.6 is 0 Å². The zero-order valence-corrected chi connectivity index (χ0v) is 25.8. The Kier molecular flexibility index (Phi) is 8.03. The molecule has 6 N–H and O–H groups in total. The second kappa shape index (κ2) is 10.7. The van der Waals surface area contributed by atoms with Crippen molar-refractivity contribution in [3.05, 3.63) is 45.4 Å². The number of primary amides is 1. The van der Waals surface area contributed by atoms with Gasteiger partial charge in [-0.2, -0.15) is 0 Å². The number of aliphatic hydroxyl groups excluding tert-OH is 2. The summed E-state index contributed by atoms with van der Waals surface area (Å²) in [6, 6.07) is 0.552. The van der Waals surface area contributed by atoms with Crippen LogP contribution in [-0.4, -0.2) is 99.6 Å². The molecule has 1 aromatic rings. The second-order valence-electron chi connectivity index (χ2n) is 12.8. The molecule has 1 aromatic carbocycles. The van der Waals surface area contributed by atoms with Gasteiger partial charge < -0.3 is 31.1 Å². The van der Waals surface area contributed by atoms with Crippen molar-refractivity contribution in [1.29, 1.82) is 0 Å². The first-order chi connectivity index (χ1) is 19.4. The average Bonchev–Trinajstić information content (AvgIpc) is 2.88. The Bertz CT molecular complexity index is 1410. The third-order valence-corrected chi connectivity index (χ3v) is 9.69. The van der Waals surface area contributed by atoms with Crippen molar-refractivity contribution in [2.24, 2.45) is 17.6 Å². The lowest BCUT2D eigenvalue weighted by Gasteiger charge is -2.50. The van der Waals surface area contributed by atoms with E-state index in [0.29, 0.717) is 12.1 Å². The monoisotopic (exact) mass is 584 g/mol. The zero-order chi connectivity index (χ0) is 31.6. The first-order valence-electron chi connectivity index (χ1n) is 14.4. The largest absolute Gasteiger partial charge is 0.510 e. The van der Waals surface area contributed by atoms with Crippen molar-refractivity contribution in [3.63, 3.8) is 0 Å². The molecule has 0 unspecified atom stereocenters. The van der Waals surface area contributed by atoms with Gasteiger partial charge in [-0.05, 0) is 76.9 Å². The second-order valence-corrected chi connectivity index (χ2v) is 12.8. The van der Waals surface area contributed by atoms with Gasteiger partial charge in [0.25, 0.3) is 5.91 Å². The molecule has 11 heteroatoms. The summed E-state index contributed by atoms with van der Waals surface area (Å²) >= 11 is 0. The molecule has 0 aromatic heterocycles. The first-order valence-corrected chi connectivity index (χ1v) is 14.4. The number of nitrogens with zero attached hydrogens (tertiary/aromatic N) is 3. The fourth-order valence-corrected chi connectivity index (χ4v) is 7.24. The van der Waals surface area contributed by atoms with Crippen molar-refractivity contribution in [1.82, 2.24) is 9.80 Å². The SMILES string of the molecule is CCN(Cc1cc(O)c2c(c1N(C)C)C[C@H]1C[C@H]3[C@H](N(C)C)C(O)=C(C(N)=O)C(=O)[C@@]3(O)C(O)=C1C2=O)C(C)(C)CC. The fraction of sp³-hybridized carbons (Fsp3) is 0.581. The lowest BCUT2D eigenvalue weighted by atomic mass is 9.58. The molecule has 4 rings (SSSR count). The highest BCUT2D eigenvalue weighted by atomic mass is 16.3. The Labute approximate surface area is 246 Å². The standard InChI is InChI=1S/C31H44N4O7/c1-9-30(3,4)35(10-2)14-16-13-19(36)21-17(23(16)33(5)6)11-15-12-18-24(34(7)8)26(38)22(29(32)41)28(40)31(18,42)27(39)20(15)25(21)37/h13,15,18,24,36,38-39,42H,9-12,14H2,1-8H3,(H2,32,41)/t15-,18-,24-,31-/m0/s1. The molecular formula is C31H44N4O7. The Morgan fingerprint density at radius 1 is 1.12 bits per heavy atom. The fourth-order valence-electron chi connectivity index (χ4n) is 7.24. The average molecular weight is 585 g/mol. The third-order valence-electron chi connectivity index (χ3n) is 9.69. The highest BCUT2D eigenvalue weighted by Gasteiger charge is 2.63. The molecular weight excluding hydrogens is 540 g/mol. The minimum Gasteiger partial charge on any atom is -0.510 e. The van der Waals surface area contributed by atoms with Gasteiger partial charge in [0.1, 0.15) is 22.8 Å². The summed E-state index contributed by atoms with van der Waals surface area (Å²) in [7, 11) is 6.97. The number of likely N-dealkylation sites (N-methyl/N-ethyl adjacent to an activating group) is 1. The smallest absolute Gasteiger partial charge is 0.255 e. The van der Waals surface area contributed by atoms with Gasteiger partial charge in [-0.3, -0.25) is 24.2 Å². The number of benzene rings is 1. The van der Waals surface area contributed by atoms with Crippen LogP contribution in [0, 0.1) is 11.8 Å². The van der Waals surface area contributed by atoms with Gasteiger partial charge in [-0.25, -0.2) is 0 Å². The number of aromatic hydroxyl groups is 1. The van der Waals surface area contributed by atoms with E-state index in [9.17, 15) is 34.8 Å². The van der Waals surface area contributed by atoms with Gasteiger partial charge >= 0.3 is 0 Å². The zero-order valence-electron chi connectivity index (χ0n) is 25.8. The Morgan fingerprint density at radius 3 is 2.24 bits per heavy atom. The predicted octanol–water partition coefficient (Wildman–Crippen LogP) is 2.20. The van der Waals surface area contributed by atoms with Gasteiger partial charge in [0.2, 0.25) is 5.78 Å². The predicted molar refractivity (Wildman–Crippen MR) is 158 cm³/mol. The van der Waals surface area contributed by atoms with Crippen LogP contribution in [0.3, 0.4) is 0 Å². The molecule has 0 heterocycles. The number of hydrogen-bond acceptors (Lipinski definition) is 10. The van der Waals surface area contributed by atoms with E-state index >= 15 is 0 Å². The topological polar surface area (TPSA) is 168 Å². The number of Topliss-reactive ketones (excluding diaryl/α,β-unsaturated/α-hetero) is 2. The summed E-state index contributed by atoms with van der Waals surface area (Å²) in [5.74, 6) is -6.56. The number of ketones is 2. The van der Waals surface area contributed by atoms with Gasteiger partial charge in [0.05, 0.1) is 11.6 Å². The molecule has 3 aliphatic rings. The van der Waals surface area contributed by atoms with Crippen LogP contribution in [0.1, 0.15) is 62.0 Å². The molecule has 0 fully saturated rings. The van der Waals surface area contributed by atoms with Crippen LogP contribution in [0.15, 0.2) is 28.7 Å². The van der Waals surface area contributed by atoms with Crippen LogP contribution in [0.4, 0.5) is 5.69 Å². The molecule has 0 spiro atoms. The van der Waals surface area contributed by atoms with Crippen LogP contribution in [0.2, 0.25) is 0 Å². The Morgan fingerprint density at radius 2 is 1.74 bits per heavy atom. The summed E-state index contributed by atoms with van der Waals surface area (Å²) in [6.45, 7) is 9.84. The molecule has 42 heavy (non-hydrogen) atoms. The highest BCUT2D eigenvalue weighted by Crippen LogP contribution is 2.53. The number of amides is 1. The maximum Gasteiger partial charge on any atom is 0.255 e. The Hall–Kier alpha value is -3.41. The van der Waals surface area contributed by atoms with Crippen LogP contribution in [0.25, 0.3) is 0 Å². The summed E-state index contributed by atoms with van der Waals surface area (Å²) in [5.41, 5.74) is 3.94. The van der Waals surface area contributed by atoms with E-state index in [0.717, 1.165) is 24.2 Å². The number of phenolic OH excluding ortho intramolecular Hbond substituents is 1. The summed E-state index contributed by atoms with van der Waals surface area (Å²) in [5, 5.41) is 45.5. The summed E-state index contributed by atoms with van der Waals surface area (Å²) in [4.78, 5) is 45.5. The normalized spacial score (nSPS) is 26.0. The van der Waals surface area contributed by atoms with E-state index in [-0.39, 0.29) is 35.3 Å². The molecule has 0 radical (unpaired) electrons. The van der Waals surface area contributed by atoms with E-state index in [4.69, 9.17) is 5.73 Å². The van der Waals surface area contributed by atoms with Crippen molar-refractivity contribution in [3.8, 4) is 5.75 Å². The van der Waals surface area contributed by atoms with Crippen LogP contribution in [-0.2, 0) is 22.6 Å². The summed E-state index contributed by atoms with van der Waals surface area (Å²) < 4.78 is 0. The molecule has 3 aliphatic carbocycles. The Balaban J connectivity index is 1.93. The number of carbonyl (C=O) groups excluding carboxylic acids is 3. The molecule has 0 saturated carbocycles. The number of rotatable bonds is 8. The van der Waals surface area contributed by atoms with Gasteiger partial charge in [0.15, 0.2) is 11.4 Å². The minimum atomic E-state index is -2.65. The molecule has 11 nitrogen and oxygen atoms in total. The van der Waals surface area contributed by atoms with Gasteiger partial charge in [-0.1, -0.05) is 13.8 Å². The number of aliphatic hydroxyl groups is 3. The van der Waals surface area contributed by atoms with Gasteiger partial charge in [-0.15, -0.1) is 0 Å². The van der Waals surface area contributed by atoms with Crippen molar-refractivity contribution in [2.75, 3.05) is 39.6 Å². The van der Waals surface area contributed by atoms with E-state index in [1.807, 2.05) is 19.0 Å². The third kappa shape index (κ3) is 4.49. The van der Waals surface area contributed by atoms with E-state index in [1.54, 1.807) is 25.1 Å². The number of nitrogens with two attached hydrogens (primary N) is 1. The lowest BCUT2D eigenvalue weighted by molar-refractivity contribution is -0.148. The number of phenols is 1. The van der Waals surface area contributed by atoms with E-state index in [2.05, 4.69) is 32.6 Å². The highest BCUT2D eigenvalue weighted by molar-refractivity contribution is 6.24. The summed E-state index contributed by atoms with van der Waals surface area (Å²) in [6.07, 6.45) is 1.21. The van der Waals surface area contributed by atoms with Crippen molar-refractivity contribution in [2.45, 2.75) is 70.7 Å². The quantitative estimate of drug-likeness (QED) is 0.286. The van der Waals surface area contributed by atoms with Crippen molar-refractivity contribution < 1.29 is 34.8 Å². The minimum absolute atomic E-state index is 0.0148.